The largest absolute Gasteiger partial charge is 0.360 e. The van der Waals surface area contributed by atoms with E-state index in [1.807, 2.05) is 72.4 Å². The first-order valence-electron chi connectivity index (χ1n) is 9.76. The summed E-state index contributed by atoms with van der Waals surface area (Å²) in [4.78, 5) is 13.0. The topological polar surface area (TPSA) is 78.7 Å². The molecule has 0 saturated carbocycles. The lowest BCUT2D eigenvalue weighted by atomic mass is 10.2. The summed E-state index contributed by atoms with van der Waals surface area (Å²) in [6.45, 7) is 8.52. The summed E-state index contributed by atoms with van der Waals surface area (Å²) in [7, 11) is 0. The van der Waals surface area contributed by atoms with Crippen molar-refractivity contribution in [1.82, 2.24) is 24.5 Å². The molecule has 154 valence electrons. The van der Waals surface area contributed by atoms with Crippen molar-refractivity contribution >= 4 is 17.5 Å². The molecule has 30 heavy (non-hydrogen) atoms. The molecule has 0 spiro atoms. The van der Waals surface area contributed by atoms with Crippen molar-refractivity contribution in [3.05, 3.63) is 65.2 Å². The minimum Gasteiger partial charge on any atom is -0.360 e. The lowest BCUT2D eigenvalue weighted by Gasteiger charge is -2.07. The normalized spacial score (nSPS) is 11.2. The number of benzene rings is 1. The van der Waals surface area contributed by atoms with Crippen LogP contribution in [-0.2, 0) is 6.54 Å². The molecular weight excluding hydrogens is 398 g/mol. The molecule has 0 saturated heterocycles. The lowest BCUT2D eigenvalue weighted by molar-refractivity contribution is 0.102. The van der Waals surface area contributed by atoms with E-state index in [4.69, 9.17) is 4.52 Å². The standard InChI is InChI=1S/C22H23N5O2S/c1-5-26-21(17-9-7-6-8-10-17)23-24-22(26)30-13-19(28)18-11-14(2)27(16(18)4)20-12-15(3)29-25-20/h6-12H,5,13H2,1-4H3. The number of nitrogens with zero attached hydrogens (tertiary/aromatic N) is 5. The van der Waals surface area contributed by atoms with Crippen LogP contribution in [0.4, 0.5) is 0 Å². The van der Waals surface area contributed by atoms with E-state index in [1.165, 1.54) is 11.8 Å². The molecule has 1 aromatic carbocycles. The molecular formula is C22H23N5O2S. The fraction of sp³-hybridized carbons (Fsp3) is 0.273. The first-order valence-corrected chi connectivity index (χ1v) is 10.8. The molecule has 0 N–H and O–H groups in total. The lowest BCUT2D eigenvalue weighted by Crippen LogP contribution is -2.07. The summed E-state index contributed by atoms with van der Waals surface area (Å²) >= 11 is 1.41. The van der Waals surface area contributed by atoms with E-state index >= 15 is 0 Å². The number of hydrogen-bond acceptors (Lipinski definition) is 6. The van der Waals surface area contributed by atoms with Crippen LogP contribution in [0, 0.1) is 20.8 Å². The van der Waals surface area contributed by atoms with Gasteiger partial charge in [0, 0.05) is 35.1 Å². The zero-order valence-electron chi connectivity index (χ0n) is 17.4. The third-order valence-corrected chi connectivity index (χ3v) is 5.94. The van der Waals surface area contributed by atoms with Gasteiger partial charge in [0.1, 0.15) is 5.76 Å². The van der Waals surface area contributed by atoms with Crippen LogP contribution in [0.2, 0.25) is 0 Å². The highest BCUT2D eigenvalue weighted by molar-refractivity contribution is 7.99. The van der Waals surface area contributed by atoms with E-state index in [9.17, 15) is 4.79 Å². The number of carbonyl (C=O) groups excluding carboxylic acids is 1. The number of hydrogen-bond donors (Lipinski definition) is 0. The van der Waals surface area contributed by atoms with Gasteiger partial charge in [-0.3, -0.25) is 9.36 Å². The predicted molar refractivity (Wildman–Crippen MR) is 116 cm³/mol. The minimum atomic E-state index is 0.0477. The van der Waals surface area contributed by atoms with Crippen molar-refractivity contribution in [2.75, 3.05) is 5.75 Å². The second-order valence-corrected chi connectivity index (χ2v) is 7.99. The van der Waals surface area contributed by atoms with Crippen LogP contribution < -0.4 is 0 Å². The molecule has 4 rings (SSSR count). The Morgan fingerprint density at radius 3 is 2.53 bits per heavy atom. The average molecular weight is 422 g/mol. The van der Waals surface area contributed by atoms with E-state index < -0.39 is 0 Å². The maximum absolute atomic E-state index is 13.0. The molecule has 8 heteroatoms. The number of aromatic nitrogens is 5. The first kappa shape index (κ1) is 20.2. The third kappa shape index (κ3) is 3.70. The SMILES string of the molecule is CCn1c(SCC(=O)c2cc(C)n(-c3cc(C)on3)c2C)nnc1-c1ccccc1. The van der Waals surface area contributed by atoms with Crippen LogP contribution in [0.15, 0.2) is 52.1 Å². The van der Waals surface area contributed by atoms with Crippen molar-refractivity contribution in [1.29, 1.82) is 0 Å². The molecule has 0 aliphatic carbocycles. The third-order valence-electron chi connectivity index (χ3n) is 4.97. The molecule has 0 aliphatic heterocycles. The van der Waals surface area contributed by atoms with Gasteiger partial charge in [0.05, 0.1) is 5.75 Å². The van der Waals surface area contributed by atoms with Crippen molar-refractivity contribution in [2.45, 2.75) is 39.4 Å². The van der Waals surface area contributed by atoms with E-state index in [0.29, 0.717) is 11.4 Å². The van der Waals surface area contributed by atoms with Crippen molar-refractivity contribution < 1.29 is 9.32 Å². The first-order chi connectivity index (χ1) is 14.5. The van der Waals surface area contributed by atoms with Crippen molar-refractivity contribution in [2.24, 2.45) is 0 Å². The van der Waals surface area contributed by atoms with Crippen LogP contribution in [0.5, 0.6) is 0 Å². The van der Waals surface area contributed by atoms with E-state index in [2.05, 4.69) is 22.3 Å². The van der Waals surface area contributed by atoms with Gasteiger partial charge >= 0.3 is 0 Å². The number of Topliss-reactive ketones (excluding diaryl/α,β-unsaturated/α-hetero) is 1. The van der Waals surface area contributed by atoms with Gasteiger partial charge in [-0.2, -0.15) is 0 Å². The second kappa shape index (κ2) is 8.31. The molecule has 0 aliphatic rings. The molecule has 3 heterocycles. The molecule has 0 fully saturated rings. The Balaban J connectivity index is 1.54. The highest BCUT2D eigenvalue weighted by Gasteiger charge is 2.20. The zero-order valence-corrected chi connectivity index (χ0v) is 18.2. The molecule has 0 radical (unpaired) electrons. The molecule has 0 unspecified atom stereocenters. The Morgan fingerprint density at radius 1 is 1.10 bits per heavy atom. The second-order valence-electron chi connectivity index (χ2n) is 7.04. The van der Waals surface area contributed by atoms with Gasteiger partial charge in [-0.15, -0.1) is 10.2 Å². The Kier molecular flexibility index (Phi) is 5.59. The number of thioether (sulfide) groups is 1. The Labute approximate surface area is 179 Å². The summed E-state index contributed by atoms with van der Waals surface area (Å²) in [6, 6.07) is 13.7. The van der Waals surface area contributed by atoms with E-state index in [-0.39, 0.29) is 11.5 Å². The van der Waals surface area contributed by atoms with Gasteiger partial charge in [-0.05, 0) is 33.8 Å². The van der Waals surface area contributed by atoms with E-state index in [0.717, 1.165) is 40.2 Å². The molecule has 0 amide bonds. The maximum Gasteiger partial charge on any atom is 0.191 e. The highest BCUT2D eigenvalue weighted by atomic mass is 32.2. The molecule has 3 aromatic heterocycles. The fourth-order valence-corrected chi connectivity index (χ4v) is 4.43. The number of rotatable bonds is 7. The van der Waals surface area contributed by atoms with Gasteiger partial charge in [0.15, 0.2) is 22.6 Å². The average Bonchev–Trinajstić information content (AvgIpc) is 3.43. The molecule has 0 bridgehead atoms. The van der Waals surface area contributed by atoms with Crippen LogP contribution in [-0.4, -0.2) is 36.0 Å². The minimum absolute atomic E-state index is 0.0477. The van der Waals surface area contributed by atoms with Crippen molar-refractivity contribution in [3.63, 3.8) is 0 Å². The fourth-order valence-electron chi connectivity index (χ4n) is 3.55. The summed E-state index contributed by atoms with van der Waals surface area (Å²) in [5, 5.41) is 13.5. The van der Waals surface area contributed by atoms with Crippen LogP contribution in [0.25, 0.3) is 17.2 Å². The summed E-state index contributed by atoms with van der Waals surface area (Å²) in [5.74, 6) is 2.57. The summed E-state index contributed by atoms with van der Waals surface area (Å²) in [5.41, 5.74) is 3.49. The smallest absolute Gasteiger partial charge is 0.191 e. The Morgan fingerprint density at radius 2 is 1.87 bits per heavy atom. The van der Waals surface area contributed by atoms with Crippen molar-refractivity contribution in [3.8, 4) is 17.2 Å². The maximum atomic E-state index is 13.0. The molecule has 4 aromatic rings. The predicted octanol–water partition coefficient (Wildman–Crippen LogP) is 4.64. The van der Waals surface area contributed by atoms with Crippen LogP contribution in [0.3, 0.4) is 0 Å². The highest BCUT2D eigenvalue weighted by Crippen LogP contribution is 2.26. The van der Waals surface area contributed by atoms with Crippen LogP contribution in [0.1, 0.15) is 34.4 Å². The Hall–Kier alpha value is -3.13. The van der Waals surface area contributed by atoms with Gasteiger partial charge in [-0.25, -0.2) is 0 Å². The Bertz CT molecular complexity index is 1190. The quantitative estimate of drug-likeness (QED) is 0.319. The van der Waals surface area contributed by atoms with Crippen LogP contribution >= 0.6 is 11.8 Å². The van der Waals surface area contributed by atoms with Gasteiger partial charge in [0.2, 0.25) is 0 Å². The number of carbonyl (C=O) groups is 1. The van der Waals surface area contributed by atoms with Gasteiger partial charge < -0.3 is 9.09 Å². The van der Waals surface area contributed by atoms with E-state index in [1.54, 1.807) is 0 Å². The number of aryl methyl sites for hydroxylation is 2. The van der Waals surface area contributed by atoms with Gasteiger partial charge in [0.25, 0.3) is 0 Å². The summed E-state index contributed by atoms with van der Waals surface area (Å²) in [6.07, 6.45) is 0. The summed E-state index contributed by atoms with van der Waals surface area (Å²) < 4.78 is 9.17. The monoisotopic (exact) mass is 421 g/mol. The van der Waals surface area contributed by atoms with Gasteiger partial charge in [-0.1, -0.05) is 47.3 Å². The molecule has 7 nitrogen and oxygen atoms in total. The molecule has 0 atom stereocenters. The zero-order chi connectivity index (χ0) is 21.3. The number of ketones is 1.